The first-order valence-corrected chi connectivity index (χ1v) is 7.35. The number of hydrogen-bond acceptors (Lipinski definition) is 3. The number of amides is 1. The molecular formula is C17H23NO3. The van der Waals surface area contributed by atoms with Crippen molar-refractivity contribution in [2.45, 2.75) is 45.8 Å². The molecular weight excluding hydrogens is 266 g/mol. The maximum atomic E-state index is 12.4. The van der Waals surface area contributed by atoms with Crippen LogP contribution in [-0.2, 0) is 9.53 Å². The van der Waals surface area contributed by atoms with Crippen molar-refractivity contribution < 1.29 is 14.3 Å². The van der Waals surface area contributed by atoms with Gasteiger partial charge in [0.15, 0.2) is 0 Å². The molecule has 4 heteroatoms. The summed E-state index contributed by atoms with van der Waals surface area (Å²) in [5.74, 6) is 0.0566. The number of carbonyl (C=O) groups is 2. The molecule has 0 aromatic heterocycles. The van der Waals surface area contributed by atoms with Crippen molar-refractivity contribution in [3.05, 3.63) is 35.9 Å². The van der Waals surface area contributed by atoms with Crippen molar-refractivity contribution in [2.24, 2.45) is 5.92 Å². The molecule has 2 rings (SSSR count). The lowest BCUT2D eigenvalue weighted by Crippen LogP contribution is -2.47. The second-order valence-electron chi connectivity index (χ2n) is 6.63. The summed E-state index contributed by atoms with van der Waals surface area (Å²) in [5.41, 5.74) is 0.437. The fraction of sp³-hybridized carbons (Fsp3) is 0.529. The minimum atomic E-state index is -0.539. The average Bonchev–Trinajstić information content (AvgIpc) is 2.40. The molecule has 1 heterocycles. The van der Waals surface area contributed by atoms with Crippen LogP contribution in [0.5, 0.6) is 0 Å². The first-order chi connectivity index (χ1) is 9.78. The molecule has 0 spiro atoms. The van der Waals surface area contributed by atoms with Gasteiger partial charge in [-0.15, -0.1) is 0 Å². The molecule has 1 aromatic carbocycles. The third-order valence-corrected chi connectivity index (χ3v) is 3.60. The number of ether oxygens (including phenoxy) is 1. The molecule has 0 aliphatic carbocycles. The number of ketones is 1. The van der Waals surface area contributed by atoms with Crippen LogP contribution in [0, 0.1) is 5.92 Å². The second-order valence-corrected chi connectivity index (χ2v) is 6.63. The number of Topliss-reactive ketones (excluding diaryl/α,β-unsaturated/α-hetero) is 1. The lowest BCUT2D eigenvalue weighted by Gasteiger charge is -2.38. The maximum Gasteiger partial charge on any atom is 0.410 e. The minimum absolute atomic E-state index is 0.141. The van der Waals surface area contributed by atoms with Crippen LogP contribution in [0.4, 0.5) is 4.79 Å². The molecule has 114 valence electrons. The van der Waals surface area contributed by atoms with Crippen LogP contribution < -0.4 is 0 Å². The monoisotopic (exact) mass is 289 g/mol. The highest BCUT2D eigenvalue weighted by atomic mass is 16.6. The molecule has 1 aromatic rings. The molecule has 1 aliphatic heterocycles. The Bertz CT molecular complexity index is 519. The quantitative estimate of drug-likeness (QED) is 0.794. The lowest BCUT2D eigenvalue weighted by molar-refractivity contribution is -0.127. The highest BCUT2D eigenvalue weighted by Crippen LogP contribution is 2.32. The smallest absolute Gasteiger partial charge is 0.410 e. The van der Waals surface area contributed by atoms with E-state index < -0.39 is 5.60 Å². The molecule has 1 fully saturated rings. The van der Waals surface area contributed by atoms with Gasteiger partial charge in [-0.05, 0) is 26.3 Å². The van der Waals surface area contributed by atoms with Crippen LogP contribution in [0.2, 0.25) is 0 Å². The normalized spacial score (nSPS) is 23.0. The van der Waals surface area contributed by atoms with E-state index in [0.29, 0.717) is 13.0 Å². The number of likely N-dealkylation sites (tertiary alicyclic amines) is 1. The molecule has 0 radical (unpaired) electrons. The highest BCUT2D eigenvalue weighted by Gasteiger charge is 2.37. The Morgan fingerprint density at radius 3 is 2.43 bits per heavy atom. The van der Waals surface area contributed by atoms with Crippen LogP contribution >= 0.6 is 0 Å². The number of nitrogens with zero attached hydrogens (tertiary/aromatic N) is 1. The Kier molecular flexibility index (Phi) is 4.35. The molecule has 1 aliphatic rings. The molecule has 1 saturated heterocycles. The van der Waals surface area contributed by atoms with Gasteiger partial charge in [-0.3, -0.25) is 4.79 Å². The topological polar surface area (TPSA) is 46.6 Å². The van der Waals surface area contributed by atoms with Crippen molar-refractivity contribution in [3.63, 3.8) is 0 Å². The van der Waals surface area contributed by atoms with Gasteiger partial charge in [0.2, 0.25) is 0 Å². The van der Waals surface area contributed by atoms with E-state index in [0.717, 1.165) is 5.56 Å². The number of rotatable bonds is 1. The number of benzene rings is 1. The van der Waals surface area contributed by atoms with Gasteiger partial charge in [-0.25, -0.2) is 4.79 Å². The minimum Gasteiger partial charge on any atom is -0.444 e. The molecule has 2 unspecified atom stereocenters. The van der Waals surface area contributed by atoms with E-state index in [-0.39, 0.29) is 23.8 Å². The molecule has 1 amide bonds. The van der Waals surface area contributed by atoms with Crippen LogP contribution in [0.3, 0.4) is 0 Å². The molecule has 21 heavy (non-hydrogen) atoms. The van der Waals surface area contributed by atoms with Crippen molar-refractivity contribution in [2.75, 3.05) is 6.54 Å². The summed E-state index contributed by atoms with van der Waals surface area (Å²) in [6.45, 7) is 7.82. The average molecular weight is 289 g/mol. The van der Waals surface area contributed by atoms with Crippen molar-refractivity contribution in [3.8, 4) is 0 Å². The van der Waals surface area contributed by atoms with E-state index in [1.807, 2.05) is 58.0 Å². The first-order valence-electron chi connectivity index (χ1n) is 7.35. The van der Waals surface area contributed by atoms with Crippen molar-refractivity contribution >= 4 is 11.9 Å². The number of carbonyl (C=O) groups excluding carboxylic acids is 2. The van der Waals surface area contributed by atoms with Gasteiger partial charge in [0.05, 0.1) is 6.04 Å². The van der Waals surface area contributed by atoms with Crippen LogP contribution in [0.15, 0.2) is 30.3 Å². The Labute approximate surface area is 126 Å². The molecule has 0 bridgehead atoms. The fourth-order valence-electron chi connectivity index (χ4n) is 2.52. The van der Waals surface area contributed by atoms with E-state index in [4.69, 9.17) is 4.74 Å². The SMILES string of the molecule is CC1CN(C(=O)OC(C)(C)C)C(c2ccccc2)CC1=O. The zero-order valence-electron chi connectivity index (χ0n) is 13.1. The summed E-state index contributed by atoms with van der Waals surface area (Å²) >= 11 is 0. The van der Waals surface area contributed by atoms with Crippen molar-refractivity contribution in [1.82, 2.24) is 4.90 Å². The molecule has 2 atom stereocenters. The van der Waals surface area contributed by atoms with Crippen LogP contribution in [0.25, 0.3) is 0 Å². The largest absolute Gasteiger partial charge is 0.444 e. The Balaban J connectivity index is 2.26. The molecule has 0 N–H and O–H groups in total. The van der Waals surface area contributed by atoms with E-state index in [1.165, 1.54) is 0 Å². The van der Waals surface area contributed by atoms with Crippen LogP contribution in [0.1, 0.15) is 45.7 Å². The van der Waals surface area contributed by atoms with Gasteiger partial charge >= 0.3 is 6.09 Å². The second kappa shape index (κ2) is 5.88. The van der Waals surface area contributed by atoms with E-state index in [2.05, 4.69) is 0 Å². The predicted molar refractivity (Wildman–Crippen MR) is 80.9 cm³/mol. The van der Waals surface area contributed by atoms with E-state index >= 15 is 0 Å². The van der Waals surface area contributed by atoms with Gasteiger partial charge in [0.1, 0.15) is 11.4 Å². The van der Waals surface area contributed by atoms with E-state index in [1.54, 1.807) is 4.90 Å². The standard InChI is InChI=1S/C17H23NO3/c1-12-11-18(16(20)21-17(2,3)4)14(10-15(12)19)13-8-6-5-7-9-13/h5-9,12,14H,10-11H2,1-4H3. The third-order valence-electron chi connectivity index (χ3n) is 3.60. The first kappa shape index (κ1) is 15.5. The number of hydrogen-bond donors (Lipinski definition) is 0. The highest BCUT2D eigenvalue weighted by molar-refractivity contribution is 5.84. The van der Waals surface area contributed by atoms with Crippen LogP contribution in [-0.4, -0.2) is 28.9 Å². The van der Waals surface area contributed by atoms with Gasteiger partial charge in [-0.1, -0.05) is 37.3 Å². The van der Waals surface area contributed by atoms with E-state index in [9.17, 15) is 9.59 Å². The molecule has 4 nitrogen and oxygen atoms in total. The fourth-order valence-corrected chi connectivity index (χ4v) is 2.52. The summed E-state index contributed by atoms with van der Waals surface area (Å²) in [5, 5.41) is 0. The summed E-state index contributed by atoms with van der Waals surface area (Å²) < 4.78 is 5.49. The Hall–Kier alpha value is -1.84. The summed E-state index contributed by atoms with van der Waals surface area (Å²) in [7, 11) is 0. The van der Waals surface area contributed by atoms with Gasteiger partial charge in [0, 0.05) is 18.9 Å². The third kappa shape index (κ3) is 3.84. The Morgan fingerprint density at radius 2 is 1.86 bits per heavy atom. The summed E-state index contributed by atoms with van der Waals surface area (Å²) in [6, 6.07) is 9.44. The zero-order chi connectivity index (χ0) is 15.6. The maximum absolute atomic E-state index is 12.4. The molecule has 0 saturated carbocycles. The summed E-state index contributed by atoms with van der Waals surface area (Å²) in [4.78, 5) is 26.2. The summed E-state index contributed by atoms with van der Waals surface area (Å²) in [6.07, 6.45) is 0.000409. The number of piperidine rings is 1. The predicted octanol–water partition coefficient (Wildman–Crippen LogP) is 3.57. The van der Waals surface area contributed by atoms with Crippen molar-refractivity contribution in [1.29, 1.82) is 0 Å². The van der Waals surface area contributed by atoms with Gasteiger partial charge in [0.25, 0.3) is 0 Å². The van der Waals surface area contributed by atoms with Gasteiger partial charge < -0.3 is 9.64 Å². The Morgan fingerprint density at radius 1 is 1.24 bits per heavy atom. The van der Waals surface area contributed by atoms with Gasteiger partial charge in [-0.2, -0.15) is 0 Å². The lowest BCUT2D eigenvalue weighted by atomic mass is 9.89. The zero-order valence-corrected chi connectivity index (χ0v) is 13.1.